The van der Waals surface area contributed by atoms with E-state index in [4.69, 9.17) is 5.11 Å². The molecule has 0 aromatic rings. The lowest BCUT2D eigenvalue weighted by atomic mass is 10.0. The van der Waals surface area contributed by atoms with Crippen LogP contribution in [0, 0.1) is 0 Å². The van der Waals surface area contributed by atoms with Crippen LogP contribution in [0.3, 0.4) is 0 Å². The first kappa shape index (κ1) is 10.4. The molecule has 0 aromatic carbocycles. The number of nitrogens with one attached hydrogen (secondary N) is 1. The van der Waals surface area contributed by atoms with Crippen molar-refractivity contribution in [3.63, 3.8) is 0 Å². The SMILES string of the molecule is CC(=O)N[C@@H]1CO[C@@H](O)[C@@H](F)[C@@H]1O. The van der Waals surface area contributed by atoms with E-state index in [1.807, 2.05) is 0 Å². The summed E-state index contributed by atoms with van der Waals surface area (Å²) >= 11 is 0. The van der Waals surface area contributed by atoms with E-state index in [1.54, 1.807) is 0 Å². The predicted octanol–water partition coefficient (Wildman–Crippen LogP) is -1.46. The van der Waals surface area contributed by atoms with Crippen molar-refractivity contribution in [2.45, 2.75) is 31.5 Å². The minimum Gasteiger partial charge on any atom is -0.388 e. The number of aliphatic hydroxyl groups excluding tert-OH is 2. The number of carbonyl (C=O) groups excluding carboxylic acids is 1. The summed E-state index contributed by atoms with van der Waals surface area (Å²) in [5.41, 5.74) is 0. The number of rotatable bonds is 1. The van der Waals surface area contributed by atoms with Gasteiger partial charge in [0.1, 0.15) is 6.10 Å². The molecular formula is C7H12FNO4. The average Bonchev–Trinajstić information content (AvgIpc) is 2.06. The zero-order chi connectivity index (χ0) is 10.0. The molecule has 3 N–H and O–H groups in total. The van der Waals surface area contributed by atoms with Crippen LogP contribution in [-0.4, -0.2) is 47.3 Å². The summed E-state index contributed by atoms with van der Waals surface area (Å²) in [6, 6.07) is -0.795. The summed E-state index contributed by atoms with van der Waals surface area (Å²) in [5.74, 6) is -0.378. The van der Waals surface area contributed by atoms with E-state index in [0.29, 0.717) is 0 Å². The number of alkyl halides is 1. The summed E-state index contributed by atoms with van der Waals surface area (Å²) in [4.78, 5) is 10.6. The van der Waals surface area contributed by atoms with Crippen LogP contribution < -0.4 is 5.32 Å². The van der Waals surface area contributed by atoms with Crippen LogP contribution in [0.15, 0.2) is 0 Å². The Morgan fingerprint density at radius 3 is 2.77 bits per heavy atom. The van der Waals surface area contributed by atoms with Crippen LogP contribution in [0.5, 0.6) is 0 Å². The molecule has 0 spiro atoms. The van der Waals surface area contributed by atoms with Crippen LogP contribution >= 0.6 is 0 Å². The van der Waals surface area contributed by atoms with Gasteiger partial charge in [-0.2, -0.15) is 0 Å². The minimum atomic E-state index is -1.88. The van der Waals surface area contributed by atoms with Gasteiger partial charge in [-0.25, -0.2) is 4.39 Å². The monoisotopic (exact) mass is 193 g/mol. The number of halogens is 1. The third-order valence-corrected chi connectivity index (χ3v) is 1.85. The highest BCUT2D eigenvalue weighted by Gasteiger charge is 2.39. The largest absolute Gasteiger partial charge is 0.388 e. The molecule has 1 rings (SSSR count). The summed E-state index contributed by atoms with van der Waals surface area (Å²) < 4.78 is 17.5. The van der Waals surface area contributed by atoms with Gasteiger partial charge in [-0.15, -0.1) is 0 Å². The molecule has 0 saturated carbocycles. The molecule has 4 atom stereocenters. The molecule has 0 unspecified atom stereocenters. The predicted molar refractivity (Wildman–Crippen MR) is 40.5 cm³/mol. The molecule has 0 aliphatic carbocycles. The van der Waals surface area contributed by atoms with E-state index >= 15 is 0 Å². The maximum Gasteiger partial charge on any atom is 0.217 e. The van der Waals surface area contributed by atoms with Gasteiger partial charge in [-0.1, -0.05) is 0 Å². The third-order valence-electron chi connectivity index (χ3n) is 1.85. The molecule has 0 bridgehead atoms. The second kappa shape index (κ2) is 3.99. The highest BCUT2D eigenvalue weighted by Crippen LogP contribution is 2.16. The fraction of sp³-hybridized carbons (Fsp3) is 0.857. The maximum absolute atomic E-state index is 12.9. The van der Waals surface area contributed by atoms with Crippen LogP contribution in [0.2, 0.25) is 0 Å². The van der Waals surface area contributed by atoms with Gasteiger partial charge in [0.15, 0.2) is 12.5 Å². The first-order valence-corrected chi connectivity index (χ1v) is 3.91. The summed E-state index contributed by atoms with van der Waals surface area (Å²) in [7, 11) is 0. The van der Waals surface area contributed by atoms with Gasteiger partial charge in [0, 0.05) is 6.92 Å². The lowest BCUT2D eigenvalue weighted by Crippen LogP contribution is -2.57. The van der Waals surface area contributed by atoms with Gasteiger partial charge in [0.2, 0.25) is 5.91 Å². The van der Waals surface area contributed by atoms with E-state index in [2.05, 4.69) is 10.1 Å². The normalized spacial score (nSPS) is 40.0. The Morgan fingerprint density at radius 1 is 1.62 bits per heavy atom. The van der Waals surface area contributed by atoms with Gasteiger partial charge in [-0.05, 0) is 0 Å². The highest BCUT2D eigenvalue weighted by atomic mass is 19.1. The van der Waals surface area contributed by atoms with Gasteiger partial charge in [-0.3, -0.25) is 4.79 Å². The van der Waals surface area contributed by atoms with Crippen LogP contribution in [0.4, 0.5) is 4.39 Å². The van der Waals surface area contributed by atoms with Crippen LogP contribution in [-0.2, 0) is 9.53 Å². The molecule has 1 aliphatic heterocycles. The van der Waals surface area contributed by atoms with E-state index < -0.39 is 24.6 Å². The molecule has 5 nitrogen and oxygen atoms in total. The second-order valence-electron chi connectivity index (χ2n) is 2.97. The molecule has 0 aromatic heterocycles. The molecule has 1 fully saturated rings. The second-order valence-corrected chi connectivity index (χ2v) is 2.97. The molecule has 1 saturated heterocycles. The fourth-order valence-corrected chi connectivity index (χ4v) is 1.17. The van der Waals surface area contributed by atoms with E-state index in [0.717, 1.165) is 0 Å². The van der Waals surface area contributed by atoms with E-state index in [-0.39, 0.29) is 12.5 Å². The fourth-order valence-electron chi connectivity index (χ4n) is 1.17. The Bertz CT molecular complexity index is 201. The quantitative estimate of drug-likeness (QED) is 0.475. The Kier molecular flexibility index (Phi) is 3.18. The third kappa shape index (κ3) is 2.36. The molecule has 1 aliphatic rings. The summed E-state index contributed by atoms with van der Waals surface area (Å²) in [5, 5.41) is 20.4. The number of aliphatic hydroxyl groups is 2. The zero-order valence-electron chi connectivity index (χ0n) is 7.11. The van der Waals surface area contributed by atoms with Crippen molar-refractivity contribution in [2.24, 2.45) is 0 Å². The van der Waals surface area contributed by atoms with Crippen LogP contribution in [0.1, 0.15) is 6.92 Å². The van der Waals surface area contributed by atoms with E-state index in [1.165, 1.54) is 6.92 Å². The Balaban J connectivity index is 2.53. The molecule has 1 heterocycles. The number of hydrogen-bond acceptors (Lipinski definition) is 4. The summed E-state index contributed by atoms with van der Waals surface area (Å²) in [6.07, 6.45) is -4.92. The lowest BCUT2D eigenvalue weighted by molar-refractivity contribution is -0.208. The van der Waals surface area contributed by atoms with Crippen molar-refractivity contribution >= 4 is 5.91 Å². The first-order chi connectivity index (χ1) is 6.02. The van der Waals surface area contributed by atoms with E-state index in [9.17, 15) is 14.3 Å². The minimum absolute atomic E-state index is 0.0949. The van der Waals surface area contributed by atoms with Crippen molar-refractivity contribution < 1.29 is 24.1 Å². The van der Waals surface area contributed by atoms with Gasteiger partial charge >= 0.3 is 0 Å². The average molecular weight is 193 g/mol. The Hall–Kier alpha value is -0.720. The number of ether oxygens (including phenoxy) is 1. The van der Waals surface area contributed by atoms with Crippen molar-refractivity contribution in [3.05, 3.63) is 0 Å². The first-order valence-electron chi connectivity index (χ1n) is 3.91. The number of amides is 1. The van der Waals surface area contributed by atoms with Crippen molar-refractivity contribution in [1.29, 1.82) is 0 Å². The molecule has 0 radical (unpaired) electrons. The van der Waals surface area contributed by atoms with Crippen molar-refractivity contribution in [1.82, 2.24) is 5.32 Å². The number of hydrogen-bond donors (Lipinski definition) is 3. The molecule has 6 heteroatoms. The van der Waals surface area contributed by atoms with Crippen molar-refractivity contribution in [2.75, 3.05) is 6.61 Å². The van der Waals surface area contributed by atoms with Gasteiger partial charge in [0.25, 0.3) is 0 Å². The standard InChI is InChI=1S/C7H12FNO4/c1-3(10)9-4-2-13-7(12)5(8)6(4)11/h4-7,11-12H,2H2,1H3,(H,9,10)/t4-,5+,6-,7-/m1/s1. The van der Waals surface area contributed by atoms with Gasteiger partial charge < -0.3 is 20.3 Å². The smallest absolute Gasteiger partial charge is 0.217 e. The lowest BCUT2D eigenvalue weighted by Gasteiger charge is -2.33. The molecular weight excluding hydrogens is 181 g/mol. The summed E-state index contributed by atoms with van der Waals surface area (Å²) in [6.45, 7) is 1.16. The highest BCUT2D eigenvalue weighted by molar-refractivity contribution is 5.73. The molecule has 1 amide bonds. The molecule has 13 heavy (non-hydrogen) atoms. The zero-order valence-corrected chi connectivity index (χ0v) is 7.11. The number of carbonyl (C=O) groups is 1. The Labute approximate surface area is 74.5 Å². The Morgan fingerprint density at radius 2 is 2.23 bits per heavy atom. The molecule has 76 valence electrons. The van der Waals surface area contributed by atoms with Gasteiger partial charge in [0.05, 0.1) is 12.6 Å². The van der Waals surface area contributed by atoms with Crippen LogP contribution in [0.25, 0.3) is 0 Å². The topological polar surface area (TPSA) is 78.8 Å². The van der Waals surface area contributed by atoms with Crippen molar-refractivity contribution in [3.8, 4) is 0 Å². The maximum atomic E-state index is 12.9.